The van der Waals surface area contributed by atoms with E-state index < -0.39 is 0 Å². The van der Waals surface area contributed by atoms with Gasteiger partial charge in [-0.05, 0) is 142 Å². The van der Waals surface area contributed by atoms with Gasteiger partial charge < -0.3 is 8.83 Å². The molecule has 304 valence electrons. The number of benzene rings is 11. The van der Waals surface area contributed by atoms with Crippen molar-refractivity contribution in [2.45, 2.75) is 19.3 Å². The van der Waals surface area contributed by atoms with Gasteiger partial charge in [-0.15, -0.1) is 0 Å². The fourth-order valence-electron chi connectivity index (χ4n) is 11.2. The molecule has 65 heavy (non-hydrogen) atoms. The van der Waals surface area contributed by atoms with Crippen molar-refractivity contribution in [2.24, 2.45) is 0 Å². The zero-order chi connectivity index (χ0) is 43.0. The molecule has 0 radical (unpaired) electrons. The number of rotatable bonds is 4. The minimum absolute atomic E-state index is 0.0349. The number of hydrogen-bond acceptors (Lipinski definition) is 2. The molecular weight excluding hydrogens is 789 g/mol. The van der Waals surface area contributed by atoms with E-state index in [1.54, 1.807) is 0 Å². The smallest absolute Gasteiger partial charge is 0.178 e. The largest absolute Gasteiger partial charge is 0.452 e. The van der Waals surface area contributed by atoms with Gasteiger partial charge >= 0.3 is 0 Å². The van der Waals surface area contributed by atoms with Gasteiger partial charge in [-0.2, -0.15) is 0 Å². The molecule has 2 heteroatoms. The number of hydrogen-bond donors (Lipinski definition) is 0. The third-order valence-corrected chi connectivity index (χ3v) is 14.5. The maximum absolute atomic E-state index is 6.41. The van der Waals surface area contributed by atoms with Crippen LogP contribution in [0.25, 0.3) is 132 Å². The van der Waals surface area contributed by atoms with Crippen LogP contribution in [-0.4, -0.2) is 0 Å². The fourth-order valence-corrected chi connectivity index (χ4v) is 11.2. The Morgan fingerprint density at radius 1 is 0.277 bits per heavy atom. The van der Waals surface area contributed by atoms with Crippen LogP contribution in [0.2, 0.25) is 0 Å². The number of furan rings is 2. The van der Waals surface area contributed by atoms with Crippen LogP contribution in [0, 0.1) is 0 Å². The summed E-state index contributed by atoms with van der Waals surface area (Å²) < 4.78 is 12.7. The predicted molar refractivity (Wildman–Crippen MR) is 273 cm³/mol. The molecule has 0 N–H and O–H groups in total. The molecule has 1 aliphatic rings. The fraction of sp³-hybridized carbons (Fsp3) is 0.0476. The van der Waals surface area contributed by atoms with Crippen molar-refractivity contribution in [1.29, 1.82) is 0 Å². The molecule has 1 aliphatic carbocycles. The highest BCUT2D eigenvalue weighted by molar-refractivity contribution is 6.26. The van der Waals surface area contributed by atoms with Gasteiger partial charge in [-0.25, -0.2) is 0 Å². The lowest BCUT2D eigenvalue weighted by Gasteiger charge is -2.21. The summed E-state index contributed by atoms with van der Waals surface area (Å²) in [5, 5.41) is 12.0. The standard InChI is InChI=1S/C63H40O2/c1-63(2)56-15-7-5-13-52(56)60-44(14-9-16-57(60)63)43-27-30-48-47-29-26-41(34-53(47)45-10-3-4-11-46(45)54(48)36-43)39-22-18-37(19-23-39)38-20-24-40(25-21-38)42-28-33-59-55(35-42)51-32-31-50-49-12-6-8-17-58(49)64-61(50)62(51)65-59/h3-36H,1-2H3. The summed E-state index contributed by atoms with van der Waals surface area (Å²) in [6.07, 6.45) is 0. The van der Waals surface area contributed by atoms with E-state index >= 15 is 0 Å². The minimum Gasteiger partial charge on any atom is -0.452 e. The van der Waals surface area contributed by atoms with E-state index in [0.29, 0.717) is 0 Å². The zero-order valence-electron chi connectivity index (χ0n) is 35.9. The van der Waals surface area contributed by atoms with Gasteiger partial charge in [0.2, 0.25) is 0 Å². The number of para-hydroxylation sites is 1. The monoisotopic (exact) mass is 828 g/mol. The second-order valence-electron chi connectivity index (χ2n) is 18.3. The van der Waals surface area contributed by atoms with Gasteiger partial charge in [0.05, 0.1) is 0 Å². The average Bonchev–Trinajstić information content (AvgIpc) is 4.01. The first-order valence-corrected chi connectivity index (χ1v) is 22.6. The van der Waals surface area contributed by atoms with E-state index in [0.717, 1.165) is 55.0 Å². The molecule has 2 heterocycles. The summed E-state index contributed by atoms with van der Waals surface area (Å²) in [7, 11) is 0. The molecule has 0 aliphatic heterocycles. The first kappa shape index (κ1) is 36.3. The van der Waals surface area contributed by atoms with Gasteiger partial charge in [-0.1, -0.05) is 178 Å². The first-order chi connectivity index (χ1) is 32.0. The third kappa shape index (κ3) is 5.29. The molecule has 0 bridgehead atoms. The Labute approximate surface area is 375 Å². The van der Waals surface area contributed by atoms with Crippen LogP contribution in [0.4, 0.5) is 0 Å². The van der Waals surface area contributed by atoms with E-state index in [2.05, 4.69) is 202 Å². The Kier molecular flexibility index (Phi) is 7.49. The maximum atomic E-state index is 6.41. The van der Waals surface area contributed by atoms with Crippen molar-refractivity contribution < 1.29 is 8.83 Å². The summed E-state index contributed by atoms with van der Waals surface area (Å²) in [5.74, 6) is 0. The minimum atomic E-state index is -0.0349. The van der Waals surface area contributed by atoms with E-state index in [1.807, 2.05) is 18.2 Å². The summed E-state index contributed by atoms with van der Waals surface area (Å²) >= 11 is 0. The third-order valence-electron chi connectivity index (χ3n) is 14.5. The summed E-state index contributed by atoms with van der Waals surface area (Å²) in [6.45, 7) is 4.71. The molecule has 11 aromatic carbocycles. The maximum Gasteiger partial charge on any atom is 0.178 e. The van der Waals surface area contributed by atoms with Crippen molar-refractivity contribution in [3.8, 4) is 55.6 Å². The predicted octanol–water partition coefficient (Wildman–Crippen LogP) is 17.9. The van der Waals surface area contributed by atoms with Gasteiger partial charge in [0.15, 0.2) is 11.2 Å². The lowest BCUT2D eigenvalue weighted by atomic mass is 9.82. The van der Waals surface area contributed by atoms with Gasteiger partial charge in [0, 0.05) is 27.0 Å². The van der Waals surface area contributed by atoms with Gasteiger partial charge in [-0.3, -0.25) is 0 Å². The average molecular weight is 829 g/mol. The van der Waals surface area contributed by atoms with Crippen LogP contribution in [0.15, 0.2) is 215 Å². The summed E-state index contributed by atoms with van der Waals surface area (Å²) in [6, 6.07) is 75.7. The molecule has 0 unspecified atom stereocenters. The highest BCUT2D eigenvalue weighted by Crippen LogP contribution is 2.52. The molecule has 0 fully saturated rings. The van der Waals surface area contributed by atoms with Gasteiger partial charge in [0.25, 0.3) is 0 Å². The molecule has 0 atom stereocenters. The van der Waals surface area contributed by atoms with Crippen LogP contribution in [0.5, 0.6) is 0 Å². The second kappa shape index (κ2) is 13.4. The van der Waals surface area contributed by atoms with E-state index in [1.165, 1.54) is 88.0 Å². The van der Waals surface area contributed by atoms with Crippen molar-refractivity contribution in [3.05, 3.63) is 217 Å². The molecule has 0 spiro atoms. The molecule has 14 rings (SSSR count). The molecule has 2 nitrogen and oxygen atoms in total. The highest BCUT2D eigenvalue weighted by Gasteiger charge is 2.36. The Bertz CT molecular complexity index is 4100. The molecule has 13 aromatic rings. The highest BCUT2D eigenvalue weighted by atomic mass is 16.4. The van der Waals surface area contributed by atoms with Crippen LogP contribution in [0.3, 0.4) is 0 Å². The molecule has 0 saturated heterocycles. The van der Waals surface area contributed by atoms with E-state index in [9.17, 15) is 0 Å². The first-order valence-electron chi connectivity index (χ1n) is 22.6. The van der Waals surface area contributed by atoms with Crippen molar-refractivity contribution in [2.75, 3.05) is 0 Å². The van der Waals surface area contributed by atoms with E-state index in [4.69, 9.17) is 8.83 Å². The summed E-state index contributed by atoms with van der Waals surface area (Å²) in [5.41, 5.74) is 18.5. The van der Waals surface area contributed by atoms with E-state index in [-0.39, 0.29) is 5.41 Å². The van der Waals surface area contributed by atoms with Crippen LogP contribution >= 0.6 is 0 Å². The summed E-state index contributed by atoms with van der Waals surface area (Å²) in [4.78, 5) is 0. The lowest BCUT2D eigenvalue weighted by molar-refractivity contribution is 0.633. The van der Waals surface area contributed by atoms with Crippen molar-refractivity contribution >= 4 is 76.2 Å². The Balaban J connectivity index is 0.783. The van der Waals surface area contributed by atoms with Crippen LogP contribution in [-0.2, 0) is 5.41 Å². The number of fused-ring (bicyclic) bond motifs is 16. The molecule has 2 aromatic heterocycles. The van der Waals surface area contributed by atoms with Crippen LogP contribution in [0.1, 0.15) is 25.0 Å². The molecule has 0 saturated carbocycles. The quantitative estimate of drug-likeness (QED) is 0.165. The SMILES string of the molecule is CC1(C)c2ccccc2-c2c(-c3ccc4c5ccc(-c6ccc(-c7ccc(-c8ccc9oc%10c(ccc%11c%12ccccc%12oc%11%10)c9c8)cc7)cc6)cc5c5ccccc5c4c3)cccc21. The van der Waals surface area contributed by atoms with Crippen molar-refractivity contribution in [3.63, 3.8) is 0 Å². The Morgan fingerprint density at radius 2 is 0.692 bits per heavy atom. The topological polar surface area (TPSA) is 26.3 Å². The van der Waals surface area contributed by atoms with Crippen molar-refractivity contribution in [1.82, 2.24) is 0 Å². The second-order valence-corrected chi connectivity index (χ2v) is 18.3. The molecular formula is C63H40O2. The lowest BCUT2D eigenvalue weighted by Crippen LogP contribution is -2.14. The Hall–Kier alpha value is -8.20. The molecule has 0 amide bonds. The zero-order valence-corrected chi connectivity index (χ0v) is 35.9. The normalized spacial score (nSPS) is 13.2. The van der Waals surface area contributed by atoms with Gasteiger partial charge in [0.1, 0.15) is 11.2 Å². The van der Waals surface area contributed by atoms with Crippen LogP contribution < -0.4 is 0 Å². The Morgan fingerprint density at radius 3 is 1.35 bits per heavy atom.